The molecule has 0 saturated carbocycles. The van der Waals surface area contributed by atoms with Crippen molar-refractivity contribution in [3.8, 4) is 5.75 Å². The summed E-state index contributed by atoms with van der Waals surface area (Å²) in [5, 5.41) is 0.872. The molecular formula is C16H13BrFNO4S. The van der Waals surface area contributed by atoms with Gasteiger partial charge in [-0.2, -0.15) is 0 Å². The summed E-state index contributed by atoms with van der Waals surface area (Å²) in [4.78, 5) is 12.0. The Labute approximate surface area is 147 Å². The second-order valence-corrected chi connectivity index (χ2v) is 7.10. The average molecular weight is 414 g/mol. The zero-order valence-corrected chi connectivity index (χ0v) is 14.9. The van der Waals surface area contributed by atoms with E-state index in [1.807, 2.05) is 4.72 Å². The fourth-order valence-corrected chi connectivity index (χ4v) is 3.11. The maximum Gasteiger partial charge on any atom is 0.266 e. The predicted octanol–water partition coefficient (Wildman–Crippen LogP) is 3.33. The Hall–Kier alpha value is -2.19. The molecule has 0 aliphatic carbocycles. The smallest absolute Gasteiger partial charge is 0.266 e. The van der Waals surface area contributed by atoms with Crippen molar-refractivity contribution in [3.63, 3.8) is 0 Å². The molecule has 0 unspecified atom stereocenters. The Morgan fingerprint density at radius 1 is 1.25 bits per heavy atom. The third-order valence-electron chi connectivity index (χ3n) is 2.94. The van der Waals surface area contributed by atoms with Crippen molar-refractivity contribution >= 4 is 37.9 Å². The van der Waals surface area contributed by atoms with E-state index < -0.39 is 21.7 Å². The van der Waals surface area contributed by atoms with Gasteiger partial charge in [0.1, 0.15) is 11.6 Å². The lowest BCUT2D eigenvalue weighted by Crippen LogP contribution is -2.29. The van der Waals surface area contributed by atoms with Gasteiger partial charge in [0.15, 0.2) is 0 Å². The molecule has 0 aliphatic heterocycles. The van der Waals surface area contributed by atoms with E-state index in [2.05, 4.69) is 15.9 Å². The van der Waals surface area contributed by atoms with Crippen LogP contribution in [-0.2, 0) is 10.0 Å². The molecule has 0 radical (unpaired) electrons. The summed E-state index contributed by atoms with van der Waals surface area (Å²) < 4.78 is 44.1. The SMILES string of the molecule is COc1cccc(C=CS(=O)(=O)NC(=O)c2ccc(F)cc2Br)c1. The fourth-order valence-electron chi connectivity index (χ4n) is 1.81. The third kappa shape index (κ3) is 4.90. The van der Waals surface area contributed by atoms with Gasteiger partial charge in [0.05, 0.1) is 18.1 Å². The molecule has 0 aromatic heterocycles. The highest BCUT2D eigenvalue weighted by Gasteiger charge is 2.16. The standard InChI is InChI=1S/C16H13BrFNO4S/c1-23-13-4-2-3-11(9-13)7-8-24(21,22)19-16(20)14-6-5-12(18)10-15(14)17/h2-10H,1H3,(H,19,20). The van der Waals surface area contributed by atoms with Gasteiger partial charge in [0, 0.05) is 4.47 Å². The first-order valence-electron chi connectivity index (χ1n) is 6.65. The van der Waals surface area contributed by atoms with E-state index in [0.29, 0.717) is 11.3 Å². The molecule has 0 bridgehead atoms. The Balaban J connectivity index is 2.15. The number of hydrogen-bond donors (Lipinski definition) is 1. The molecule has 0 spiro atoms. The number of carbonyl (C=O) groups is 1. The van der Waals surface area contributed by atoms with Crippen molar-refractivity contribution < 1.29 is 22.3 Å². The molecule has 0 saturated heterocycles. The van der Waals surface area contributed by atoms with Gasteiger partial charge in [0.25, 0.3) is 15.9 Å². The van der Waals surface area contributed by atoms with E-state index in [1.165, 1.54) is 19.3 Å². The zero-order valence-electron chi connectivity index (χ0n) is 12.5. The van der Waals surface area contributed by atoms with Crippen LogP contribution in [0.3, 0.4) is 0 Å². The number of amides is 1. The molecule has 1 N–H and O–H groups in total. The Kier molecular flexibility index (Phi) is 5.74. The van der Waals surface area contributed by atoms with Crippen molar-refractivity contribution in [1.29, 1.82) is 0 Å². The van der Waals surface area contributed by atoms with Crippen LogP contribution >= 0.6 is 15.9 Å². The largest absolute Gasteiger partial charge is 0.497 e. The van der Waals surface area contributed by atoms with E-state index in [4.69, 9.17) is 4.74 Å². The molecule has 1 amide bonds. The zero-order chi connectivity index (χ0) is 17.7. The molecule has 8 heteroatoms. The minimum absolute atomic E-state index is 0.00903. The van der Waals surface area contributed by atoms with Gasteiger partial charge in [-0.15, -0.1) is 0 Å². The highest BCUT2D eigenvalue weighted by molar-refractivity contribution is 9.10. The molecule has 2 rings (SSSR count). The maximum absolute atomic E-state index is 13.0. The molecule has 0 fully saturated rings. The first-order chi connectivity index (χ1) is 11.3. The monoisotopic (exact) mass is 413 g/mol. The molecule has 0 atom stereocenters. The fraction of sp³-hybridized carbons (Fsp3) is 0.0625. The summed E-state index contributed by atoms with van der Waals surface area (Å²) in [5.74, 6) is -0.829. The van der Waals surface area contributed by atoms with Gasteiger partial charge >= 0.3 is 0 Å². The second kappa shape index (κ2) is 7.59. The first kappa shape index (κ1) is 18.2. The summed E-state index contributed by atoms with van der Waals surface area (Å²) >= 11 is 3.02. The lowest BCUT2D eigenvalue weighted by Gasteiger charge is -2.05. The minimum Gasteiger partial charge on any atom is -0.497 e. The molecule has 2 aromatic carbocycles. The van der Waals surface area contributed by atoms with Gasteiger partial charge in [-0.05, 0) is 57.9 Å². The van der Waals surface area contributed by atoms with Crippen LogP contribution in [0.15, 0.2) is 52.3 Å². The van der Waals surface area contributed by atoms with Crippen molar-refractivity contribution in [2.45, 2.75) is 0 Å². The third-order valence-corrected chi connectivity index (χ3v) is 4.56. The molecule has 2 aromatic rings. The van der Waals surface area contributed by atoms with Crippen LogP contribution < -0.4 is 9.46 Å². The number of nitrogens with one attached hydrogen (secondary N) is 1. The molecule has 0 heterocycles. The number of sulfonamides is 1. The number of methoxy groups -OCH3 is 1. The number of halogens is 2. The van der Waals surface area contributed by atoms with Gasteiger partial charge < -0.3 is 4.74 Å². The Morgan fingerprint density at radius 2 is 2.00 bits per heavy atom. The van der Waals surface area contributed by atoms with Crippen LogP contribution in [0.2, 0.25) is 0 Å². The highest BCUT2D eigenvalue weighted by Crippen LogP contribution is 2.18. The molecular weight excluding hydrogens is 401 g/mol. The summed E-state index contributed by atoms with van der Waals surface area (Å²) in [6.45, 7) is 0. The van der Waals surface area contributed by atoms with Gasteiger partial charge in [0.2, 0.25) is 0 Å². The Morgan fingerprint density at radius 3 is 2.67 bits per heavy atom. The number of hydrogen-bond acceptors (Lipinski definition) is 4. The lowest BCUT2D eigenvalue weighted by molar-refractivity contribution is 0.0981. The van der Waals surface area contributed by atoms with Crippen LogP contribution in [0, 0.1) is 5.82 Å². The van der Waals surface area contributed by atoms with E-state index in [9.17, 15) is 17.6 Å². The second-order valence-electron chi connectivity index (χ2n) is 4.68. The van der Waals surface area contributed by atoms with Crippen LogP contribution in [0.4, 0.5) is 4.39 Å². The van der Waals surface area contributed by atoms with Crippen LogP contribution in [0.1, 0.15) is 15.9 Å². The van der Waals surface area contributed by atoms with Gasteiger partial charge in [-0.3, -0.25) is 4.79 Å². The predicted molar refractivity (Wildman–Crippen MR) is 92.5 cm³/mol. The molecule has 5 nitrogen and oxygen atoms in total. The molecule has 0 aliphatic rings. The maximum atomic E-state index is 13.0. The van der Waals surface area contributed by atoms with Crippen molar-refractivity contribution in [1.82, 2.24) is 4.72 Å². The number of carbonyl (C=O) groups excluding carboxylic acids is 1. The van der Waals surface area contributed by atoms with E-state index in [-0.39, 0.29) is 10.0 Å². The van der Waals surface area contributed by atoms with Crippen LogP contribution in [0.25, 0.3) is 6.08 Å². The number of rotatable bonds is 5. The van der Waals surface area contributed by atoms with Crippen LogP contribution in [-0.4, -0.2) is 21.4 Å². The summed E-state index contributed by atoms with van der Waals surface area (Å²) in [7, 11) is -2.51. The van der Waals surface area contributed by atoms with Gasteiger partial charge in [-0.25, -0.2) is 17.5 Å². The number of benzene rings is 2. The summed E-state index contributed by atoms with van der Waals surface area (Å²) in [6, 6.07) is 10.1. The summed E-state index contributed by atoms with van der Waals surface area (Å²) in [6.07, 6.45) is 1.33. The van der Waals surface area contributed by atoms with E-state index in [0.717, 1.165) is 17.5 Å². The highest BCUT2D eigenvalue weighted by atomic mass is 79.9. The normalized spacial score (nSPS) is 11.5. The molecule has 126 valence electrons. The topological polar surface area (TPSA) is 72.5 Å². The average Bonchev–Trinajstić information content (AvgIpc) is 2.52. The molecule has 24 heavy (non-hydrogen) atoms. The number of ether oxygens (including phenoxy) is 1. The first-order valence-corrected chi connectivity index (χ1v) is 8.99. The van der Waals surface area contributed by atoms with E-state index >= 15 is 0 Å². The van der Waals surface area contributed by atoms with E-state index in [1.54, 1.807) is 24.3 Å². The van der Waals surface area contributed by atoms with Crippen molar-refractivity contribution in [3.05, 3.63) is 69.3 Å². The Bertz CT molecular complexity index is 897. The van der Waals surface area contributed by atoms with Crippen LogP contribution in [0.5, 0.6) is 5.75 Å². The van der Waals surface area contributed by atoms with Crippen molar-refractivity contribution in [2.24, 2.45) is 0 Å². The van der Waals surface area contributed by atoms with Crippen molar-refractivity contribution in [2.75, 3.05) is 7.11 Å². The quantitative estimate of drug-likeness (QED) is 0.815. The van der Waals surface area contributed by atoms with Gasteiger partial charge in [-0.1, -0.05) is 12.1 Å². The minimum atomic E-state index is -4.01. The lowest BCUT2D eigenvalue weighted by atomic mass is 10.2. The summed E-state index contributed by atoms with van der Waals surface area (Å²) in [5.41, 5.74) is 0.602.